The third kappa shape index (κ3) is 2.13. The smallest absolute Gasteiger partial charge is 0.223 e. The van der Waals surface area contributed by atoms with Gasteiger partial charge in [-0.15, -0.1) is 0 Å². The molecule has 4 nitrogen and oxygen atoms in total. The molecule has 1 fully saturated rings. The zero-order chi connectivity index (χ0) is 12.4. The number of rotatable bonds is 3. The molecule has 0 saturated carbocycles. The summed E-state index contributed by atoms with van der Waals surface area (Å²) in [5.74, 6) is 0.868. The fourth-order valence-electron chi connectivity index (χ4n) is 2.41. The lowest BCUT2D eigenvalue weighted by atomic mass is 9.94. The van der Waals surface area contributed by atoms with E-state index in [2.05, 4.69) is 0 Å². The van der Waals surface area contributed by atoms with Gasteiger partial charge in [-0.05, 0) is 17.7 Å². The second-order valence-electron chi connectivity index (χ2n) is 4.37. The van der Waals surface area contributed by atoms with Crippen molar-refractivity contribution in [3.63, 3.8) is 0 Å². The molecule has 0 bridgehead atoms. The lowest BCUT2D eigenvalue weighted by Gasteiger charge is -2.24. The van der Waals surface area contributed by atoms with Crippen molar-refractivity contribution in [2.75, 3.05) is 20.8 Å². The number of carbonyl (C=O) groups is 1. The van der Waals surface area contributed by atoms with Crippen molar-refractivity contribution in [1.82, 2.24) is 4.90 Å². The summed E-state index contributed by atoms with van der Waals surface area (Å²) >= 11 is 0. The van der Waals surface area contributed by atoms with Crippen molar-refractivity contribution in [3.05, 3.63) is 29.8 Å². The van der Waals surface area contributed by atoms with Crippen molar-refractivity contribution in [1.29, 1.82) is 0 Å². The molecular formula is C13H17NO3. The lowest BCUT2D eigenvalue weighted by molar-refractivity contribution is -0.127. The summed E-state index contributed by atoms with van der Waals surface area (Å²) in [6.07, 6.45) is 0.420. The van der Waals surface area contributed by atoms with E-state index >= 15 is 0 Å². The Kier molecular flexibility index (Phi) is 3.33. The van der Waals surface area contributed by atoms with E-state index in [0.29, 0.717) is 6.42 Å². The molecule has 1 aliphatic rings. The van der Waals surface area contributed by atoms with Crippen LogP contribution in [0, 0.1) is 5.92 Å². The zero-order valence-electron chi connectivity index (χ0n) is 10.1. The highest BCUT2D eigenvalue weighted by Gasteiger charge is 2.37. The molecule has 4 heteroatoms. The highest BCUT2D eigenvalue weighted by Crippen LogP contribution is 2.36. The summed E-state index contributed by atoms with van der Waals surface area (Å²) < 4.78 is 5.10. The average Bonchev–Trinajstić information content (AvgIpc) is 2.65. The maximum Gasteiger partial charge on any atom is 0.223 e. The molecule has 1 aromatic carbocycles. The van der Waals surface area contributed by atoms with Crippen LogP contribution in [0.1, 0.15) is 18.0 Å². The molecule has 92 valence electrons. The van der Waals surface area contributed by atoms with Gasteiger partial charge in [0.1, 0.15) is 5.75 Å². The van der Waals surface area contributed by atoms with Crippen LogP contribution in [0.2, 0.25) is 0 Å². The molecule has 1 aliphatic heterocycles. The van der Waals surface area contributed by atoms with Crippen LogP contribution in [-0.4, -0.2) is 36.7 Å². The Bertz CT molecular complexity index is 402. The summed E-state index contributed by atoms with van der Waals surface area (Å²) in [5, 5.41) is 9.33. The van der Waals surface area contributed by atoms with Gasteiger partial charge >= 0.3 is 0 Å². The van der Waals surface area contributed by atoms with Gasteiger partial charge in [0, 0.05) is 26.0 Å². The molecule has 1 saturated heterocycles. The van der Waals surface area contributed by atoms with Gasteiger partial charge in [-0.1, -0.05) is 12.1 Å². The molecule has 1 heterocycles. The first-order chi connectivity index (χ1) is 8.17. The minimum Gasteiger partial charge on any atom is -0.497 e. The van der Waals surface area contributed by atoms with Gasteiger partial charge in [-0.2, -0.15) is 0 Å². The summed E-state index contributed by atoms with van der Waals surface area (Å²) in [6.45, 7) is 0.0345. The molecule has 1 amide bonds. The van der Waals surface area contributed by atoms with E-state index in [1.807, 2.05) is 24.3 Å². The number of aliphatic hydroxyl groups excluding tert-OH is 1. The number of ether oxygens (including phenoxy) is 1. The number of amides is 1. The number of benzene rings is 1. The van der Waals surface area contributed by atoms with E-state index in [4.69, 9.17) is 4.74 Å². The van der Waals surface area contributed by atoms with Gasteiger partial charge < -0.3 is 14.7 Å². The van der Waals surface area contributed by atoms with Crippen LogP contribution in [0.4, 0.5) is 0 Å². The Morgan fingerprint density at radius 3 is 2.59 bits per heavy atom. The molecule has 1 N–H and O–H groups in total. The van der Waals surface area contributed by atoms with E-state index in [1.165, 1.54) is 0 Å². The summed E-state index contributed by atoms with van der Waals surface area (Å²) in [6, 6.07) is 7.61. The molecule has 0 unspecified atom stereocenters. The van der Waals surface area contributed by atoms with E-state index in [0.717, 1.165) is 11.3 Å². The quantitative estimate of drug-likeness (QED) is 0.856. The van der Waals surface area contributed by atoms with Crippen molar-refractivity contribution in [3.8, 4) is 5.75 Å². The van der Waals surface area contributed by atoms with Gasteiger partial charge in [0.25, 0.3) is 0 Å². The molecule has 0 spiro atoms. The third-order valence-electron chi connectivity index (χ3n) is 3.39. The number of hydrogen-bond donors (Lipinski definition) is 1. The topological polar surface area (TPSA) is 49.8 Å². The Hall–Kier alpha value is -1.55. The molecule has 0 aromatic heterocycles. The third-order valence-corrected chi connectivity index (χ3v) is 3.39. The standard InChI is InChI=1S/C13H17NO3/c1-14-12(16)7-10(8-15)13(14)9-3-5-11(17-2)6-4-9/h3-6,10,13,15H,7-8H2,1-2H3/t10-,13+/m1/s1. The molecular weight excluding hydrogens is 218 g/mol. The lowest BCUT2D eigenvalue weighted by Crippen LogP contribution is -2.25. The van der Waals surface area contributed by atoms with Gasteiger partial charge in [0.15, 0.2) is 0 Å². The SMILES string of the molecule is COc1ccc([C@H]2[C@@H](CO)CC(=O)N2C)cc1. The predicted octanol–water partition coefficient (Wildman–Crippen LogP) is 1.21. The first kappa shape index (κ1) is 11.9. The Labute approximate surface area is 101 Å². The van der Waals surface area contributed by atoms with Crippen molar-refractivity contribution >= 4 is 5.91 Å². The van der Waals surface area contributed by atoms with Crippen LogP contribution < -0.4 is 4.74 Å². The van der Waals surface area contributed by atoms with Gasteiger partial charge in [-0.3, -0.25) is 4.79 Å². The van der Waals surface area contributed by atoms with Crippen LogP contribution in [0.3, 0.4) is 0 Å². The van der Waals surface area contributed by atoms with Crippen LogP contribution >= 0.6 is 0 Å². The second kappa shape index (κ2) is 4.75. The first-order valence-corrected chi connectivity index (χ1v) is 5.68. The Morgan fingerprint density at radius 1 is 1.41 bits per heavy atom. The van der Waals surface area contributed by atoms with Gasteiger partial charge in [0.05, 0.1) is 13.2 Å². The molecule has 2 atom stereocenters. The fraction of sp³-hybridized carbons (Fsp3) is 0.462. The fourth-order valence-corrected chi connectivity index (χ4v) is 2.41. The minimum atomic E-state index is -0.0293. The first-order valence-electron chi connectivity index (χ1n) is 5.68. The highest BCUT2D eigenvalue weighted by atomic mass is 16.5. The van der Waals surface area contributed by atoms with Crippen molar-refractivity contribution in [2.45, 2.75) is 12.5 Å². The Balaban J connectivity index is 2.27. The van der Waals surface area contributed by atoms with Crippen LogP contribution in [0.15, 0.2) is 24.3 Å². The van der Waals surface area contributed by atoms with Crippen LogP contribution in [0.25, 0.3) is 0 Å². The summed E-state index contributed by atoms with van der Waals surface area (Å²) in [7, 11) is 3.41. The van der Waals surface area contributed by atoms with E-state index in [1.54, 1.807) is 19.1 Å². The minimum absolute atomic E-state index is 0.0131. The number of hydrogen-bond acceptors (Lipinski definition) is 3. The molecule has 1 aromatic rings. The molecule has 2 rings (SSSR count). The average molecular weight is 235 g/mol. The van der Waals surface area contributed by atoms with Crippen molar-refractivity contribution in [2.24, 2.45) is 5.92 Å². The number of nitrogens with zero attached hydrogens (tertiary/aromatic N) is 1. The Morgan fingerprint density at radius 2 is 2.06 bits per heavy atom. The number of methoxy groups -OCH3 is 1. The largest absolute Gasteiger partial charge is 0.497 e. The number of likely N-dealkylation sites (tertiary alicyclic amines) is 1. The molecule has 0 radical (unpaired) electrons. The van der Waals surface area contributed by atoms with E-state index in [-0.39, 0.29) is 24.5 Å². The van der Waals surface area contributed by atoms with Gasteiger partial charge in [0.2, 0.25) is 5.91 Å². The van der Waals surface area contributed by atoms with Crippen molar-refractivity contribution < 1.29 is 14.6 Å². The van der Waals surface area contributed by atoms with E-state index in [9.17, 15) is 9.90 Å². The van der Waals surface area contributed by atoms with Crippen LogP contribution in [0.5, 0.6) is 5.75 Å². The summed E-state index contributed by atoms with van der Waals surface area (Å²) in [4.78, 5) is 13.4. The monoisotopic (exact) mass is 235 g/mol. The number of aliphatic hydroxyl groups is 1. The maximum atomic E-state index is 11.6. The normalized spacial score (nSPS) is 24.2. The number of carbonyl (C=O) groups excluding carboxylic acids is 1. The summed E-state index contributed by atoms with van der Waals surface area (Å²) in [5.41, 5.74) is 1.04. The van der Waals surface area contributed by atoms with Gasteiger partial charge in [-0.25, -0.2) is 0 Å². The highest BCUT2D eigenvalue weighted by molar-refractivity contribution is 5.79. The molecule has 17 heavy (non-hydrogen) atoms. The maximum absolute atomic E-state index is 11.6. The second-order valence-corrected chi connectivity index (χ2v) is 4.37. The predicted molar refractivity (Wildman–Crippen MR) is 63.7 cm³/mol. The van der Waals surface area contributed by atoms with E-state index < -0.39 is 0 Å². The molecule has 0 aliphatic carbocycles. The van der Waals surface area contributed by atoms with Crippen LogP contribution in [-0.2, 0) is 4.79 Å². The zero-order valence-corrected chi connectivity index (χ0v) is 10.1.